The van der Waals surface area contributed by atoms with Gasteiger partial charge in [-0.15, -0.1) is 0 Å². The summed E-state index contributed by atoms with van der Waals surface area (Å²) in [6.45, 7) is 5.42. The monoisotopic (exact) mass is 251 g/mol. The van der Waals surface area contributed by atoms with Crippen LogP contribution in [0.5, 0.6) is 0 Å². The first-order valence-electron chi connectivity index (χ1n) is 6.51. The van der Waals surface area contributed by atoms with Crippen molar-refractivity contribution < 1.29 is 19.4 Å². The quantitative estimate of drug-likeness (QED) is 0.774. The van der Waals surface area contributed by atoms with Gasteiger partial charge in [-0.25, -0.2) is 4.79 Å². The summed E-state index contributed by atoms with van der Waals surface area (Å²) >= 11 is 0. The average Bonchev–Trinajstić information content (AvgIpc) is 2.77. The largest absolute Gasteiger partial charge is 0.481 e. The van der Waals surface area contributed by atoms with E-state index in [0.29, 0.717) is 23.7 Å². The smallest absolute Gasteiger partial charge is 0.408 e. The van der Waals surface area contributed by atoms with Gasteiger partial charge in [-0.2, -0.15) is 0 Å². The minimum Gasteiger partial charge on any atom is -0.481 e. The normalized spacial score (nSPS) is 53.1. The van der Waals surface area contributed by atoms with Crippen molar-refractivity contribution in [2.24, 2.45) is 29.1 Å². The number of aliphatic carboxylic acids is 1. The molecule has 0 aromatic heterocycles. The van der Waals surface area contributed by atoms with E-state index in [4.69, 9.17) is 4.74 Å². The maximum absolute atomic E-state index is 11.9. The summed E-state index contributed by atoms with van der Waals surface area (Å²) < 4.78 is 5.25. The molecule has 2 bridgehead atoms. The lowest BCUT2D eigenvalue weighted by Gasteiger charge is -2.34. The molecule has 0 radical (unpaired) electrons. The Morgan fingerprint density at radius 1 is 1.28 bits per heavy atom. The minimum atomic E-state index is -0.732. The molecule has 6 atom stereocenters. The van der Waals surface area contributed by atoms with Gasteiger partial charge in [0.25, 0.3) is 0 Å². The summed E-state index contributed by atoms with van der Waals surface area (Å²) in [6.07, 6.45) is 0.499. The molecule has 5 fully saturated rings. The molecule has 0 spiro atoms. The average molecular weight is 251 g/mol. The highest BCUT2D eigenvalue weighted by Gasteiger charge is 3.07. The topological polar surface area (TPSA) is 75.6 Å². The Kier molecular flexibility index (Phi) is 1.42. The number of hydrogen-bond donors (Lipinski definition) is 2. The Morgan fingerprint density at radius 2 is 1.94 bits per heavy atom. The molecule has 0 saturated heterocycles. The van der Waals surface area contributed by atoms with Crippen LogP contribution in [-0.2, 0) is 9.53 Å². The molecule has 0 aromatic carbocycles. The van der Waals surface area contributed by atoms with Gasteiger partial charge in [0, 0.05) is 0 Å². The Morgan fingerprint density at radius 3 is 2.39 bits per heavy atom. The summed E-state index contributed by atoms with van der Waals surface area (Å²) in [5, 5.41) is 12.3. The zero-order valence-electron chi connectivity index (χ0n) is 10.7. The Balaban J connectivity index is 1.55. The lowest BCUT2D eigenvalue weighted by Crippen LogP contribution is -2.56. The van der Waals surface area contributed by atoms with Crippen LogP contribution in [0.15, 0.2) is 0 Å². The Bertz CT molecular complexity index is 484. The summed E-state index contributed by atoms with van der Waals surface area (Å²) in [5.41, 5.74) is -1.65. The van der Waals surface area contributed by atoms with Crippen LogP contribution >= 0.6 is 0 Å². The maximum atomic E-state index is 11.9. The molecule has 5 heteroatoms. The van der Waals surface area contributed by atoms with Gasteiger partial charge in [0.15, 0.2) is 0 Å². The van der Waals surface area contributed by atoms with E-state index in [0.717, 1.165) is 6.42 Å². The number of alkyl carbamates (subject to hydrolysis) is 1. The molecular weight excluding hydrogens is 234 g/mol. The molecule has 18 heavy (non-hydrogen) atoms. The van der Waals surface area contributed by atoms with Gasteiger partial charge >= 0.3 is 12.1 Å². The first-order valence-corrected chi connectivity index (χ1v) is 6.51. The van der Waals surface area contributed by atoms with Gasteiger partial charge in [0.05, 0.1) is 11.0 Å². The van der Waals surface area contributed by atoms with Crippen molar-refractivity contribution >= 4 is 12.1 Å². The summed E-state index contributed by atoms with van der Waals surface area (Å²) in [7, 11) is 0. The zero-order valence-corrected chi connectivity index (χ0v) is 10.7. The van der Waals surface area contributed by atoms with Crippen molar-refractivity contribution in [3.8, 4) is 0 Å². The van der Waals surface area contributed by atoms with E-state index in [1.807, 2.05) is 20.8 Å². The van der Waals surface area contributed by atoms with Crippen molar-refractivity contribution in [1.29, 1.82) is 0 Å². The third-order valence-electron chi connectivity index (χ3n) is 5.51. The fourth-order valence-corrected chi connectivity index (χ4v) is 5.28. The van der Waals surface area contributed by atoms with Gasteiger partial charge in [0.1, 0.15) is 5.60 Å². The molecule has 5 aliphatic carbocycles. The Hall–Kier alpha value is -1.26. The van der Waals surface area contributed by atoms with Crippen LogP contribution < -0.4 is 5.32 Å². The number of carbonyl (C=O) groups is 2. The third kappa shape index (κ3) is 0.780. The highest BCUT2D eigenvalue weighted by Crippen LogP contribution is 3.00. The molecule has 5 aliphatic rings. The van der Waals surface area contributed by atoms with Crippen LogP contribution in [0, 0.1) is 29.1 Å². The van der Waals surface area contributed by atoms with Crippen molar-refractivity contribution in [3.63, 3.8) is 0 Å². The highest BCUT2D eigenvalue weighted by atomic mass is 16.6. The molecule has 0 heterocycles. The van der Waals surface area contributed by atoms with Crippen LogP contribution in [-0.4, -0.2) is 28.3 Å². The van der Waals surface area contributed by atoms with Gasteiger partial charge in [-0.05, 0) is 50.9 Å². The van der Waals surface area contributed by atoms with Crippen molar-refractivity contribution in [2.75, 3.05) is 0 Å². The molecule has 98 valence electrons. The second-order valence-corrected chi connectivity index (χ2v) is 7.17. The van der Waals surface area contributed by atoms with Gasteiger partial charge < -0.3 is 15.2 Å². The number of hydrogen-bond acceptors (Lipinski definition) is 3. The Labute approximate surface area is 105 Å². The molecule has 5 saturated carbocycles. The van der Waals surface area contributed by atoms with Crippen LogP contribution in [0.4, 0.5) is 4.79 Å². The molecule has 5 nitrogen and oxygen atoms in total. The van der Waals surface area contributed by atoms with Crippen molar-refractivity contribution in [3.05, 3.63) is 0 Å². The van der Waals surface area contributed by atoms with E-state index in [1.165, 1.54) is 0 Å². The van der Waals surface area contributed by atoms with E-state index >= 15 is 0 Å². The van der Waals surface area contributed by atoms with E-state index in [-0.39, 0.29) is 0 Å². The SMILES string of the molecule is CC(C)(C)OC(=O)N[C@@]12[C@H]3[C@H]4[C@H](C[C@@H]31)[C@@]42C(=O)O. The molecule has 2 N–H and O–H groups in total. The standard InChI is InChI=1S/C13H17NO4/c1-11(2,3)18-10(17)14-13-6-4-5-7(8(6)13)12(5,13)9(15)16/h5-8H,4H2,1-3H3,(H,14,17)(H,15,16)/t5-,6-,7+,8+,12-,13+/m0/s1. The number of carboxylic acids is 1. The second-order valence-electron chi connectivity index (χ2n) is 7.17. The number of ether oxygens (including phenoxy) is 1. The van der Waals surface area contributed by atoms with Gasteiger partial charge in [-0.1, -0.05) is 0 Å². The molecule has 5 rings (SSSR count). The van der Waals surface area contributed by atoms with Crippen molar-refractivity contribution in [2.45, 2.75) is 38.3 Å². The highest BCUT2D eigenvalue weighted by molar-refractivity contribution is 5.91. The maximum Gasteiger partial charge on any atom is 0.408 e. The lowest BCUT2D eigenvalue weighted by molar-refractivity contribution is -0.148. The number of carboxylic acid groups (broad SMARTS) is 1. The zero-order chi connectivity index (χ0) is 13.1. The molecule has 0 unspecified atom stereocenters. The first kappa shape index (κ1) is 10.6. The number of nitrogens with one attached hydrogen (secondary N) is 1. The summed E-state index contributed by atoms with van der Waals surface area (Å²) in [5.74, 6) is 0.696. The van der Waals surface area contributed by atoms with E-state index in [2.05, 4.69) is 5.32 Å². The second kappa shape index (κ2) is 2.40. The number of rotatable bonds is 2. The summed E-state index contributed by atoms with van der Waals surface area (Å²) in [6, 6.07) is 0. The van der Waals surface area contributed by atoms with E-state index in [1.54, 1.807) is 0 Å². The van der Waals surface area contributed by atoms with E-state index < -0.39 is 28.6 Å². The lowest BCUT2D eigenvalue weighted by atomic mass is 9.78. The molecule has 0 aliphatic heterocycles. The van der Waals surface area contributed by atoms with Gasteiger partial charge in [-0.3, -0.25) is 4.79 Å². The van der Waals surface area contributed by atoms with Crippen molar-refractivity contribution in [1.82, 2.24) is 5.32 Å². The predicted molar refractivity (Wildman–Crippen MR) is 60.7 cm³/mol. The number of carbonyl (C=O) groups excluding carboxylic acids is 1. The molecule has 0 aromatic rings. The van der Waals surface area contributed by atoms with Gasteiger partial charge in [0.2, 0.25) is 0 Å². The summed E-state index contributed by atoms with van der Waals surface area (Å²) in [4.78, 5) is 23.4. The van der Waals surface area contributed by atoms with Crippen LogP contribution in [0.2, 0.25) is 0 Å². The van der Waals surface area contributed by atoms with Crippen LogP contribution in [0.3, 0.4) is 0 Å². The predicted octanol–water partition coefficient (Wildman–Crippen LogP) is 1.23. The van der Waals surface area contributed by atoms with E-state index in [9.17, 15) is 14.7 Å². The number of amides is 1. The third-order valence-corrected chi connectivity index (χ3v) is 5.51. The molecule has 1 amide bonds. The van der Waals surface area contributed by atoms with Crippen LogP contribution in [0.1, 0.15) is 27.2 Å². The molecular formula is C13H17NO4. The fourth-order valence-electron chi connectivity index (χ4n) is 5.28. The first-order chi connectivity index (χ1) is 8.27. The van der Waals surface area contributed by atoms with Crippen LogP contribution in [0.25, 0.3) is 0 Å². The fraction of sp³-hybridized carbons (Fsp3) is 0.846. The minimum absolute atomic E-state index is 0.305.